The number of carboxylic acid groups (broad SMARTS) is 1. The largest absolute Gasteiger partial charge is 0.546 e. The van der Waals surface area contributed by atoms with Gasteiger partial charge in [0, 0.05) is 0 Å². The van der Waals surface area contributed by atoms with Crippen molar-refractivity contribution in [1.82, 2.24) is 0 Å². The lowest BCUT2D eigenvalue weighted by Crippen LogP contribution is -2.29. The molecule has 1 atom stereocenters. The molecule has 0 aliphatic carbocycles. The first-order valence-corrected chi connectivity index (χ1v) is 5.06. The van der Waals surface area contributed by atoms with Gasteiger partial charge in [0.15, 0.2) is 0 Å². The molecule has 82 valence electrons. The lowest BCUT2D eigenvalue weighted by Gasteiger charge is -2.15. The van der Waals surface area contributed by atoms with Crippen LogP contribution >= 0.6 is 0 Å². The summed E-state index contributed by atoms with van der Waals surface area (Å²) in [4.78, 5) is 10.3. The number of carboxylic acids is 1. The smallest absolute Gasteiger partial charge is 0.128 e. The molecule has 1 aromatic carbocycles. The Hall–Kier alpha value is -1.51. The number of hydrogen-bond donors (Lipinski definition) is 0. The Balaban J connectivity index is 2.81. The Kier molecular flexibility index (Phi) is 4.16. The number of benzene rings is 1. The fourth-order valence-corrected chi connectivity index (χ4v) is 1.38. The van der Waals surface area contributed by atoms with Crippen LogP contribution < -0.4 is 9.84 Å². The number of carbonyl (C=O) groups is 1. The first-order chi connectivity index (χ1) is 7.15. The summed E-state index contributed by atoms with van der Waals surface area (Å²) in [7, 11) is 0. The number of carbonyl (C=O) groups excluding carboxylic acids is 1. The summed E-state index contributed by atoms with van der Waals surface area (Å²) >= 11 is 0. The first kappa shape index (κ1) is 11.6. The summed E-state index contributed by atoms with van der Waals surface area (Å²) < 4.78 is 5.16. The number of aliphatic carboxylic acids is 1. The summed E-state index contributed by atoms with van der Waals surface area (Å²) in [6.45, 7) is 3.77. The second-order valence-corrected chi connectivity index (χ2v) is 3.51. The van der Waals surface area contributed by atoms with Gasteiger partial charge in [-0.2, -0.15) is 0 Å². The molecule has 1 aromatic rings. The zero-order valence-corrected chi connectivity index (χ0v) is 9.03. The van der Waals surface area contributed by atoms with Crippen LogP contribution in [0.25, 0.3) is 0 Å². The molecule has 3 heteroatoms. The Labute approximate surface area is 89.7 Å². The standard InChI is InChI=1S/C12H16O3/c1-3-9(2)10-6-4-5-7-11(10)15-8-12(13)14/h4-7,9H,3,8H2,1-2H3,(H,13,14)/p-1/t9-/m1/s1. The highest BCUT2D eigenvalue weighted by Gasteiger charge is 2.08. The third kappa shape index (κ3) is 3.27. The number of ether oxygens (including phenoxy) is 1. The number of hydrogen-bond acceptors (Lipinski definition) is 3. The molecule has 0 saturated carbocycles. The molecule has 0 saturated heterocycles. The molecule has 15 heavy (non-hydrogen) atoms. The van der Waals surface area contributed by atoms with Gasteiger partial charge in [-0.1, -0.05) is 32.0 Å². The predicted molar refractivity (Wildman–Crippen MR) is 55.7 cm³/mol. The summed E-state index contributed by atoms with van der Waals surface area (Å²) in [5.41, 5.74) is 1.04. The van der Waals surface area contributed by atoms with E-state index in [9.17, 15) is 9.90 Å². The molecule has 1 rings (SSSR count). The summed E-state index contributed by atoms with van der Waals surface area (Å²) in [6, 6.07) is 7.49. The molecule has 3 nitrogen and oxygen atoms in total. The molecule has 0 aliphatic rings. The summed E-state index contributed by atoms with van der Waals surface area (Å²) in [6.07, 6.45) is 0.992. The zero-order valence-electron chi connectivity index (χ0n) is 9.03. The summed E-state index contributed by atoms with van der Waals surface area (Å²) in [5.74, 6) is -0.201. The Bertz CT molecular complexity index is 333. The minimum Gasteiger partial charge on any atom is -0.546 e. The van der Waals surface area contributed by atoms with E-state index in [1.165, 1.54) is 0 Å². The molecule has 0 amide bonds. The van der Waals surface area contributed by atoms with E-state index in [1.54, 1.807) is 6.07 Å². The van der Waals surface area contributed by atoms with Crippen LogP contribution in [-0.2, 0) is 4.79 Å². The molecule has 0 spiro atoms. The molecule has 0 N–H and O–H groups in total. The second kappa shape index (κ2) is 5.39. The van der Waals surface area contributed by atoms with Crippen LogP contribution in [0, 0.1) is 0 Å². The average Bonchev–Trinajstić information content (AvgIpc) is 2.25. The predicted octanol–water partition coefficient (Wildman–Crippen LogP) is 1.33. The third-order valence-electron chi connectivity index (χ3n) is 2.41. The highest BCUT2D eigenvalue weighted by atomic mass is 16.5. The zero-order chi connectivity index (χ0) is 11.3. The molecule has 0 unspecified atom stereocenters. The van der Waals surface area contributed by atoms with E-state index in [0.29, 0.717) is 11.7 Å². The van der Waals surface area contributed by atoms with E-state index in [-0.39, 0.29) is 0 Å². The maximum atomic E-state index is 10.3. The molecular weight excluding hydrogens is 192 g/mol. The van der Waals surface area contributed by atoms with Crippen LogP contribution in [0.15, 0.2) is 24.3 Å². The van der Waals surface area contributed by atoms with E-state index in [1.807, 2.05) is 18.2 Å². The van der Waals surface area contributed by atoms with Crippen LogP contribution in [0.2, 0.25) is 0 Å². The minimum atomic E-state index is -1.20. The monoisotopic (exact) mass is 207 g/mol. The topological polar surface area (TPSA) is 49.4 Å². The average molecular weight is 207 g/mol. The molecular formula is C12H15O3-. The van der Waals surface area contributed by atoms with Crippen LogP contribution in [-0.4, -0.2) is 12.6 Å². The lowest BCUT2D eigenvalue weighted by molar-refractivity contribution is -0.307. The van der Waals surface area contributed by atoms with Gasteiger partial charge in [-0.05, 0) is 24.0 Å². The normalized spacial score (nSPS) is 12.1. The molecule has 0 fully saturated rings. The SMILES string of the molecule is CC[C@@H](C)c1ccccc1OCC(=O)[O-]. The van der Waals surface area contributed by atoms with Gasteiger partial charge >= 0.3 is 0 Å². The van der Waals surface area contributed by atoms with Crippen molar-refractivity contribution in [2.75, 3.05) is 6.61 Å². The third-order valence-corrected chi connectivity index (χ3v) is 2.41. The van der Waals surface area contributed by atoms with E-state index in [4.69, 9.17) is 4.74 Å². The first-order valence-electron chi connectivity index (χ1n) is 5.06. The van der Waals surface area contributed by atoms with Crippen molar-refractivity contribution in [3.63, 3.8) is 0 Å². The van der Waals surface area contributed by atoms with E-state index in [0.717, 1.165) is 12.0 Å². The maximum Gasteiger partial charge on any atom is 0.128 e. The van der Waals surface area contributed by atoms with E-state index < -0.39 is 12.6 Å². The van der Waals surface area contributed by atoms with Crippen molar-refractivity contribution in [2.24, 2.45) is 0 Å². The van der Waals surface area contributed by atoms with E-state index >= 15 is 0 Å². The van der Waals surface area contributed by atoms with Crippen LogP contribution in [0.3, 0.4) is 0 Å². The van der Waals surface area contributed by atoms with Crippen LogP contribution in [0.4, 0.5) is 0 Å². The van der Waals surface area contributed by atoms with Crippen molar-refractivity contribution in [3.05, 3.63) is 29.8 Å². The molecule has 0 bridgehead atoms. The van der Waals surface area contributed by atoms with Crippen molar-refractivity contribution < 1.29 is 14.6 Å². The fourth-order valence-electron chi connectivity index (χ4n) is 1.38. The van der Waals surface area contributed by atoms with Crippen LogP contribution in [0.1, 0.15) is 31.7 Å². The molecule has 0 aliphatic heterocycles. The van der Waals surface area contributed by atoms with Gasteiger partial charge < -0.3 is 14.6 Å². The molecule has 0 heterocycles. The number of para-hydroxylation sites is 1. The van der Waals surface area contributed by atoms with Crippen LogP contribution in [0.5, 0.6) is 5.75 Å². The van der Waals surface area contributed by atoms with E-state index in [2.05, 4.69) is 13.8 Å². The van der Waals surface area contributed by atoms with Crippen molar-refractivity contribution in [1.29, 1.82) is 0 Å². The second-order valence-electron chi connectivity index (χ2n) is 3.51. The summed E-state index contributed by atoms with van der Waals surface area (Å²) in [5, 5.41) is 10.3. The maximum absolute atomic E-state index is 10.3. The van der Waals surface area contributed by atoms with Gasteiger partial charge in [0.05, 0.1) is 5.97 Å². The Morgan fingerprint density at radius 2 is 2.13 bits per heavy atom. The number of rotatable bonds is 5. The minimum absolute atomic E-state index is 0.364. The Morgan fingerprint density at radius 1 is 1.47 bits per heavy atom. The van der Waals surface area contributed by atoms with Crippen molar-refractivity contribution >= 4 is 5.97 Å². The lowest BCUT2D eigenvalue weighted by atomic mass is 9.98. The van der Waals surface area contributed by atoms with Gasteiger partial charge in [-0.3, -0.25) is 0 Å². The van der Waals surface area contributed by atoms with Gasteiger partial charge in [-0.15, -0.1) is 0 Å². The highest BCUT2D eigenvalue weighted by Crippen LogP contribution is 2.28. The molecule has 0 radical (unpaired) electrons. The fraction of sp³-hybridized carbons (Fsp3) is 0.417. The van der Waals surface area contributed by atoms with Gasteiger partial charge in [0.2, 0.25) is 0 Å². The van der Waals surface area contributed by atoms with Gasteiger partial charge in [0.1, 0.15) is 12.4 Å². The quantitative estimate of drug-likeness (QED) is 0.731. The van der Waals surface area contributed by atoms with Gasteiger partial charge in [-0.25, -0.2) is 0 Å². The van der Waals surface area contributed by atoms with Crippen molar-refractivity contribution in [3.8, 4) is 5.75 Å². The molecule has 0 aromatic heterocycles. The van der Waals surface area contributed by atoms with Crippen molar-refractivity contribution in [2.45, 2.75) is 26.2 Å². The Morgan fingerprint density at radius 3 is 2.73 bits per heavy atom. The van der Waals surface area contributed by atoms with Gasteiger partial charge in [0.25, 0.3) is 0 Å². The highest BCUT2D eigenvalue weighted by molar-refractivity contribution is 5.66.